The Bertz CT molecular complexity index is 915. The molecule has 0 unspecified atom stereocenters. The molecule has 20 heavy (non-hydrogen) atoms. The van der Waals surface area contributed by atoms with E-state index in [-0.39, 0.29) is 0 Å². The molecule has 4 heterocycles. The third-order valence-corrected chi connectivity index (χ3v) is 4.09. The minimum absolute atomic E-state index is 0.749. The molecule has 98 valence electrons. The molecule has 0 spiro atoms. The second-order valence-electron chi connectivity index (χ2n) is 4.04. The number of nitrogens with zero attached hydrogens (tertiary/aromatic N) is 6. The standard InChI is InChI=1S/C12H7BrN6S/c13-8-7-18-6-4-14-10(18)11(15-8)20-12-17-16-9-3-1-2-5-19(9)12/h1-7H. The minimum atomic E-state index is 0.749. The van der Waals surface area contributed by atoms with Gasteiger partial charge in [-0.3, -0.25) is 4.40 Å². The number of hydrogen-bond acceptors (Lipinski definition) is 5. The average molecular weight is 347 g/mol. The monoisotopic (exact) mass is 346 g/mol. The van der Waals surface area contributed by atoms with Crippen molar-refractivity contribution in [3.05, 3.63) is 47.6 Å². The van der Waals surface area contributed by atoms with Gasteiger partial charge in [0.15, 0.2) is 11.3 Å². The third kappa shape index (κ3) is 1.88. The van der Waals surface area contributed by atoms with Gasteiger partial charge in [0.05, 0.1) is 0 Å². The fourth-order valence-corrected chi connectivity index (χ4v) is 3.33. The number of fused-ring (bicyclic) bond motifs is 2. The normalized spacial score (nSPS) is 11.4. The van der Waals surface area contributed by atoms with Crippen molar-refractivity contribution in [1.29, 1.82) is 0 Å². The summed E-state index contributed by atoms with van der Waals surface area (Å²) in [6.45, 7) is 0. The van der Waals surface area contributed by atoms with Gasteiger partial charge in [-0.05, 0) is 39.8 Å². The van der Waals surface area contributed by atoms with Gasteiger partial charge < -0.3 is 4.40 Å². The van der Waals surface area contributed by atoms with Crippen LogP contribution in [0.3, 0.4) is 0 Å². The van der Waals surface area contributed by atoms with Crippen molar-refractivity contribution in [2.75, 3.05) is 0 Å². The molecule has 6 nitrogen and oxygen atoms in total. The molecule has 0 atom stereocenters. The molecular weight excluding hydrogens is 340 g/mol. The van der Waals surface area contributed by atoms with E-state index in [0.29, 0.717) is 0 Å². The summed E-state index contributed by atoms with van der Waals surface area (Å²) >= 11 is 4.84. The quantitative estimate of drug-likeness (QED) is 0.558. The molecule has 8 heteroatoms. The fraction of sp³-hybridized carbons (Fsp3) is 0. The molecule has 0 saturated carbocycles. The summed E-state index contributed by atoms with van der Waals surface area (Å²) in [5.74, 6) is 0. The van der Waals surface area contributed by atoms with Gasteiger partial charge >= 0.3 is 0 Å². The Morgan fingerprint density at radius 3 is 3.05 bits per heavy atom. The summed E-state index contributed by atoms with van der Waals surface area (Å²) in [5.41, 5.74) is 1.61. The SMILES string of the molecule is Brc1cn2ccnc2c(Sc2nnc3ccccn23)n1. The molecule has 0 aromatic carbocycles. The Morgan fingerprint density at radius 2 is 2.10 bits per heavy atom. The highest BCUT2D eigenvalue weighted by Crippen LogP contribution is 2.28. The van der Waals surface area contributed by atoms with Crippen molar-refractivity contribution in [3.8, 4) is 0 Å². The van der Waals surface area contributed by atoms with Crippen LogP contribution < -0.4 is 0 Å². The van der Waals surface area contributed by atoms with Crippen molar-refractivity contribution < 1.29 is 0 Å². The lowest BCUT2D eigenvalue weighted by Gasteiger charge is -2.02. The largest absolute Gasteiger partial charge is 0.302 e. The first-order chi connectivity index (χ1) is 9.81. The van der Waals surface area contributed by atoms with Gasteiger partial charge in [0, 0.05) is 24.8 Å². The van der Waals surface area contributed by atoms with Crippen LogP contribution in [0.25, 0.3) is 11.3 Å². The number of aromatic nitrogens is 6. The van der Waals surface area contributed by atoms with Crippen molar-refractivity contribution >= 4 is 39.0 Å². The number of hydrogen-bond donors (Lipinski definition) is 0. The Morgan fingerprint density at radius 1 is 1.15 bits per heavy atom. The van der Waals surface area contributed by atoms with Crippen molar-refractivity contribution in [2.24, 2.45) is 0 Å². The fourth-order valence-electron chi connectivity index (χ4n) is 1.92. The molecule has 0 radical (unpaired) electrons. The molecule has 0 aliphatic carbocycles. The Balaban J connectivity index is 1.86. The van der Waals surface area contributed by atoms with Gasteiger partial charge in [0.1, 0.15) is 9.63 Å². The summed E-state index contributed by atoms with van der Waals surface area (Å²) in [6.07, 6.45) is 7.43. The smallest absolute Gasteiger partial charge is 0.202 e. The predicted molar refractivity (Wildman–Crippen MR) is 77.8 cm³/mol. The van der Waals surface area contributed by atoms with Crippen LogP contribution in [0.1, 0.15) is 0 Å². The van der Waals surface area contributed by atoms with E-state index in [2.05, 4.69) is 36.1 Å². The maximum absolute atomic E-state index is 4.47. The van der Waals surface area contributed by atoms with Crippen LogP contribution in [0.2, 0.25) is 0 Å². The van der Waals surface area contributed by atoms with E-state index in [4.69, 9.17) is 0 Å². The zero-order chi connectivity index (χ0) is 13.5. The summed E-state index contributed by atoms with van der Waals surface area (Å²) in [4.78, 5) is 8.79. The van der Waals surface area contributed by atoms with Crippen LogP contribution in [-0.2, 0) is 0 Å². The van der Waals surface area contributed by atoms with Crippen LogP contribution in [0, 0.1) is 0 Å². The summed E-state index contributed by atoms with van der Waals surface area (Å²) in [6, 6.07) is 5.79. The Labute approximate surface area is 126 Å². The maximum Gasteiger partial charge on any atom is 0.202 e. The topological polar surface area (TPSA) is 60.4 Å². The lowest BCUT2D eigenvalue weighted by Crippen LogP contribution is -1.93. The molecule has 0 fully saturated rings. The van der Waals surface area contributed by atoms with Crippen molar-refractivity contribution in [2.45, 2.75) is 10.2 Å². The number of imidazole rings is 1. The van der Waals surface area contributed by atoms with Crippen LogP contribution in [0.4, 0.5) is 0 Å². The van der Waals surface area contributed by atoms with E-state index < -0.39 is 0 Å². The van der Waals surface area contributed by atoms with E-state index in [0.717, 1.165) is 26.1 Å². The van der Waals surface area contributed by atoms with Crippen LogP contribution in [-0.4, -0.2) is 29.0 Å². The molecular formula is C12H7BrN6S. The maximum atomic E-state index is 4.47. The molecule has 0 amide bonds. The third-order valence-electron chi connectivity index (χ3n) is 2.78. The molecule has 0 aliphatic heterocycles. The molecule has 0 N–H and O–H groups in total. The van der Waals surface area contributed by atoms with E-state index in [9.17, 15) is 0 Å². The molecule has 0 aliphatic rings. The van der Waals surface area contributed by atoms with Gasteiger partial charge in [0.25, 0.3) is 0 Å². The first-order valence-corrected chi connectivity index (χ1v) is 7.39. The number of halogens is 1. The van der Waals surface area contributed by atoms with Crippen molar-refractivity contribution in [3.63, 3.8) is 0 Å². The highest BCUT2D eigenvalue weighted by atomic mass is 79.9. The molecule has 4 rings (SSSR count). The first kappa shape index (κ1) is 11.9. The molecule has 0 saturated heterocycles. The van der Waals surface area contributed by atoms with Gasteiger partial charge in [-0.25, -0.2) is 9.97 Å². The predicted octanol–water partition coefficient (Wildman–Crippen LogP) is 2.69. The minimum Gasteiger partial charge on any atom is -0.302 e. The Hall–Kier alpha value is -1.93. The van der Waals surface area contributed by atoms with E-state index in [1.54, 1.807) is 6.20 Å². The first-order valence-electron chi connectivity index (χ1n) is 5.78. The lowest BCUT2D eigenvalue weighted by atomic mass is 10.5. The highest BCUT2D eigenvalue weighted by molar-refractivity contribution is 9.10. The van der Waals surface area contributed by atoms with Crippen LogP contribution in [0.15, 0.2) is 57.8 Å². The molecule has 4 aromatic rings. The average Bonchev–Trinajstić information content (AvgIpc) is 3.06. The van der Waals surface area contributed by atoms with E-state index >= 15 is 0 Å². The van der Waals surface area contributed by atoms with Gasteiger partial charge in [-0.2, -0.15) is 0 Å². The lowest BCUT2D eigenvalue weighted by molar-refractivity contribution is 0.913. The molecule has 0 bridgehead atoms. The summed E-state index contributed by atoms with van der Waals surface area (Å²) in [7, 11) is 0. The number of pyridine rings is 1. The highest BCUT2D eigenvalue weighted by Gasteiger charge is 2.12. The second-order valence-corrected chi connectivity index (χ2v) is 5.81. The second kappa shape index (κ2) is 4.57. The van der Waals surface area contributed by atoms with Crippen molar-refractivity contribution in [1.82, 2.24) is 29.0 Å². The molecule has 4 aromatic heterocycles. The van der Waals surface area contributed by atoms with Crippen LogP contribution in [0.5, 0.6) is 0 Å². The number of rotatable bonds is 2. The summed E-state index contributed by atoms with van der Waals surface area (Å²) < 4.78 is 4.59. The summed E-state index contributed by atoms with van der Waals surface area (Å²) in [5, 5.41) is 9.87. The zero-order valence-electron chi connectivity index (χ0n) is 10.0. The van der Waals surface area contributed by atoms with E-state index in [1.165, 1.54) is 11.8 Å². The zero-order valence-corrected chi connectivity index (χ0v) is 12.4. The van der Waals surface area contributed by atoms with Gasteiger partial charge in [0.2, 0.25) is 5.16 Å². The van der Waals surface area contributed by atoms with E-state index in [1.807, 2.05) is 45.6 Å². The Kier molecular flexibility index (Phi) is 2.71. The van der Waals surface area contributed by atoms with Gasteiger partial charge in [-0.15, -0.1) is 10.2 Å². The van der Waals surface area contributed by atoms with Gasteiger partial charge in [-0.1, -0.05) is 6.07 Å². The van der Waals surface area contributed by atoms with Crippen LogP contribution >= 0.6 is 27.7 Å².